The van der Waals surface area contributed by atoms with Crippen molar-refractivity contribution in [2.75, 3.05) is 18.0 Å². The highest BCUT2D eigenvalue weighted by Gasteiger charge is 2.30. The molecule has 0 N–H and O–H groups in total. The second-order valence-corrected chi connectivity index (χ2v) is 6.60. The van der Waals surface area contributed by atoms with Crippen LogP contribution in [0, 0.1) is 11.3 Å². The Morgan fingerprint density at radius 1 is 1.20 bits per heavy atom. The zero-order valence-electron chi connectivity index (χ0n) is 13.1. The summed E-state index contributed by atoms with van der Waals surface area (Å²) in [7, 11) is 0. The van der Waals surface area contributed by atoms with Gasteiger partial charge in [0.15, 0.2) is 0 Å². The minimum absolute atomic E-state index is 0.239. The first kappa shape index (κ1) is 17.6. The number of hydrogen-bond donors (Lipinski definition) is 0. The molecule has 0 bridgehead atoms. The van der Waals surface area contributed by atoms with E-state index in [-0.39, 0.29) is 5.57 Å². The van der Waals surface area contributed by atoms with Gasteiger partial charge in [-0.05, 0) is 52.5 Å². The van der Waals surface area contributed by atoms with Gasteiger partial charge >= 0.3 is 6.18 Å². The molecule has 2 heterocycles. The van der Waals surface area contributed by atoms with Gasteiger partial charge in [0.1, 0.15) is 5.76 Å². The zero-order valence-corrected chi connectivity index (χ0v) is 14.7. The van der Waals surface area contributed by atoms with Gasteiger partial charge in [-0.2, -0.15) is 18.4 Å². The van der Waals surface area contributed by atoms with Crippen LogP contribution >= 0.6 is 15.9 Å². The molecule has 1 aliphatic rings. The van der Waals surface area contributed by atoms with Gasteiger partial charge in [-0.1, -0.05) is 12.1 Å². The Morgan fingerprint density at radius 2 is 1.84 bits per heavy atom. The quantitative estimate of drug-likeness (QED) is 0.606. The van der Waals surface area contributed by atoms with E-state index in [1.165, 1.54) is 18.2 Å². The molecule has 0 amide bonds. The molecule has 1 fully saturated rings. The molecule has 1 saturated heterocycles. The van der Waals surface area contributed by atoms with Crippen molar-refractivity contribution < 1.29 is 17.6 Å². The number of hydrogen-bond acceptors (Lipinski definition) is 3. The molecule has 0 saturated carbocycles. The molecule has 1 aromatic heterocycles. The SMILES string of the molecule is N#C/C(=C/c1cc(Br)c(N2CCCC2)o1)c1ccc(C(F)(F)F)cc1. The maximum atomic E-state index is 12.6. The lowest BCUT2D eigenvalue weighted by atomic mass is 10.0. The zero-order chi connectivity index (χ0) is 18.0. The summed E-state index contributed by atoms with van der Waals surface area (Å²) in [5.41, 5.74) is -0.0979. The van der Waals surface area contributed by atoms with Crippen molar-refractivity contribution in [2.24, 2.45) is 0 Å². The van der Waals surface area contributed by atoms with Gasteiger partial charge in [-0.15, -0.1) is 0 Å². The number of furan rings is 1. The molecule has 3 rings (SSSR count). The first-order chi connectivity index (χ1) is 11.9. The van der Waals surface area contributed by atoms with Crippen molar-refractivity contribution in [3.8, 4) is 6.07 Å². The third-order valence-electron chi connectivity index (χ3n) is 4.01. The maximum Gasteiger partial charge on any atom is 0.416 e. The van der Waals surface area contributed by atoms with E-state index in [9.17, 15) is 18.4 Å². The summed E-state index contributed by atoms with van der Waals surface area (Å²) in [6, 6.07) is 8.28. The molecular formula is C18H14BrF3N2O. The van der Waals surface area contributed by atoms with Gasteiger partial charge < -0.3 is 9.32 Å². The number of rotatable bonds is 3. The lowest BCUT2D eigenvalue weighted by molar-refractivity contribution is -0.137. The standard InChI is InChI=1S/C18H14BrF3N2O/c19-16-10-15(25-17(16)24-7-1-2-8-24)9-13(11-23)12-3-5-14(6-4-12)18(20,21)22/h3-6,9-10H,1-2,7-8H2/b13-9-. The number of anilines is 1. The molecule has 7 heteroatoms. The topological polar surface area (TPSA) is 40.2 Å². The lowest BCUT2D eigenvalue weighted by Crippen LogP contribution is -2.17. The number of alkyl halides is 3. The molecule has 1 aromatic carbocycles. The van der Waals surface area contributed by atoms with Crippen LogP contribution in [-0.4, -0.2) is 13.1 Å². The van der Waals surface area contributed by atoms with Gasteiger partial charge in [0, 0.05) is 19.2 Å². The molecule has 25 heavy (non-hydrogen) atoms. The molecular weight excluding hydrogens is 397 g/mol. The average molecular weight is 411 g/mol. The van der Waals surface area contributed by atoms with Crippen LogP contribution in [0.1, 0.15) is 29.7 Å². The van der Waals surface area contributed by atoms with E-state index in [4.69, 9.17) is 4.42 Å². The monoisotopic (exact) mass is 410 g/mol. The predicted molar refractivity (Wildman–Crippen MR) is 92.8 cm³/mol. The van der Waals surface area contributed by atoms with Crippen LogP contribution in [0.2, 0.25) is 0 Å². The third-order valence-corrected chi connectivity index (χ3v) is 4.58. The third kappa shape index (κ3) is 3.90. The van der Waals surface area contributed by atoms with Crippen LogP contribution in [0.25, 0.3) is 11.6 Å². The predicted octanol–water partition coefficient (Wildman–Crippen LogP) is 5.73. The van der Waals surface area contributed by atoms with Crippen molar-refractivity contribution >= 4 is 33.5 Å². The van der Waals surface area contributed by atoms with Crippen LogP contribution in [0.3, 0.4) is 0 Å². The average Bonchev–Trinajstić information content (AvgIpc) is 3.21. The van der Waals surface area contributed by atoms with E-state index in [0.29, 0.717) is 17.2 Å². The minimum Gasteiger partial charge on any atom is -0.440 e. The van der Waals surface area contributed by atoms with E-state index in [0.717, 1.165) is 42.5 Å². The van der Waals surface area contributed by atoms with Crippen molar-refractivity contribution in [2.45, 2.75) is 19.0 Å². The minimum atomic E-state index is -4.40. The smallest absolute Gasteiger partial charge is 0.416 e. The van der Waals surface area contributed by atoms with Crippen molar-refractivity contribution in [3.05, 3.63) is 51.7 Å². The molecule has 0 aliphatic carbocycles. The Labute approximate surface area is 151 Å². The van der Waals surface area contributed by atoms with E-state index >= 15 is 0 Å². The summed E-state index contributed by atoms with van der Waals surface area (Å²) < 4.78 is 44.5. The maximum absolute atomic E-state index is 12.6. The fourth-order valence-corrected chi connectivity index (χ4v) is 3.30. The van der Waals surface area contributed by atoms with Crippen LogP contribution in [0.5, 0.6) is 0 Å². The van der Waals surface area contributed by atoms with E-state index in [1.54, 1.807) is 6.07 Å². The molecule has 3 nitrogen and oxygen atoms in total. The molecule has 0 spiro atoms. The Kier molecular flexibility index (Phi) is 4.91. The van der Waals surface area contributed by atoms with Crippen LogP contribution in [0.4, 0.5) is 19.1 Å². The van der Waals surface area contributed by atoms with Gasteiger partial charge in [0.25, 0.3) is 0 Å². The van der Waals surface area contributed by atoms with Gasteiger partial charge in [0.05, 0.1) is 21.7 Å². The van der Waals surface area contributed by atoms with Crippen LogP contribution < -0.4 is 4.90 Å². The molecule has 0 atom stereocenters. The highest BCUT2D eigenvalue weighted by Crippen LogP contribution is 2.34. The molecule has 130 valence electrons. The number of halogens is 4. The summed E-state index contributed by atoms with van der Waals surface area (Å²) in [6.45, 7) is 1.83. The first-order valence-electron chi connectivity index (χ1n) is 7.72. The van der Waals surface area contributed by atoms with Crippen LogP contribution in [-0.2, 0) is 6.18 Å². The number of allylic oxidation sites excluding steroid dienone is 1. The van der Waals surface area contributed by atoms with Crippen LogP contribution in [0.15, 0.2) is 39.2 Å². The van der Waals surface area contributed by atoms with Crippen molar-refractivity contribution in [1.29, 1.82) is 5.26 Å². The second-order valence-electron chi connectivity index (χ2n) is 5.74. The summed E-state index contributed by atoms with van der Waals surface area (Å²) >= 11 is 3.45. The van der Waals surface area contributed by atoms with E-state index in [1.807, 2.05) is 6.07 Å². The lowest BCUT2D eigenvalue weighted by Gasteiger charge is -2.13. The number of nitriles is 1. The number of nitrogens with zero attached hydrogens (tertiary/aromatic N) is 2. The Hall–Kier alpha value is -2.20. The molecule has 0 radical (unpaired) electrons. The highest BCUT2D eigenvalue weighted by molar-refractivity contribution is 9.10. The summed E-state index contributed by atoms with van der Waals surface area (Å²) in [5.74, 6) is 1.19. The van der Waals surface area contributed by atoms with Gasteiger partial charge in [-0.3, -0.25) is 0 Å². The van der Waals surface area contributed by atoms with Crippen molar-refractivity contribution in [1.82, 2.24) is 0 Å². The molecule has 1 aliphatic heterocycles. The first-order valence-corrected chi connectivity index (χ1v) is 8.51. The molecule has 2 aromatic rings. The summed E-state index contributed by atoms with van der Waals surface area (Å²) in [5, 5.41) is 9.35. The van der Waals surface area contributed by atoms with E-state index < -0.39 is 11.7 Å². The van der Waals surface area contributed by atoms with Gasteiger partial charge in [-0.25, -0.2) is 0 Å². The number of benzene rings is 1. The normalized spacial score (nSPS) is 15.5. The Balaban J connectivity index is 1.88. The molecule has 0 unspecified atom stereocenters. The Morgan fingerprint density at radius 3 is 2.40 bits per heavy atom. The Bertz CT molecular complexity index is 825. The second kappa shape index (κ2) is 6.96. The largest absolute Gasteiger partial charge is 0.440 e. The van der Waals surface area contributed by atoms with Gasteiger partial charge in [0.2, 0.25) is 5.88 Å². The summed E-state index contributed by atoms with van der Waals surface area (Å²) in [4.78, 5) is 2.12. The fraction of sp³-hybridized carbons (Fsp3) is 0.278. The van der Waals surface area contributed by atoms with E-state index in [2.05, 4.69) is 20.8 Å². The highest BCUT2D eigenvalue weighted by atomic mass is 79.9. The fourth-order valence-electron chi connectivity index (χ4n) is 2.74. The van der Waals surface area contributed by atoms with Crippen molar-refractivity contribution in [3.63, 3.8) is 0 Å². The summed E-state index contributed by atoms with van der Waals surface area (Å²) in [6.07, 6.45) is -0.654.